The average Bonchev–Trinajstić information content (AvgIpc) is 2.86. The normalized spacial score (nSPS) is 24.2. The molecule has 3 nitrogen and oxygen atoms in total. The van der Waals surface area contributed by atoms with Crippen LogP contribution in [0.15, 0.2) is 23.9 Å². The highest BCUT2D eigenvalue weighted by molar-refractivity contribution is 14.1. The molecule has 0 spiro atoms. The zero-order valence-corrected chi connectivity index (χ0v) is 15.3. The van der Waals surface area contributed by atoms with Gasteiger partial charge in [-0.25, -0.2) is 4.98 Å². The van der Waals surface area contributed by atoms with Crippen molar-refractivity contribution in [2.75, 3.05) is 14.2 Å². The van der Waals surface area contributed by atoms with E-state index in [4.69, 9.17) is 4.74 Å². The number of allylic oxidation sites excluding steroid dienone is 2. The Labute approximate surface area is 138 Å². The molecule has 0 saturated heterocycles. The number of ether oxygens (including phenoxy) is 1. The van der Waals surface area contributed by atoms with Gasteiger partial charge in [-0.1, -0.05) is 35.6 Å². The molecule has 1 aliphatic rings. The molecule has 1 N–H and O–H groups in total. The van der Waals surface area contributed by atoms with Crippen molar-refractivity contribution in [3.05, 3.63) is 33.8 Å². The van der Waals surface area contributed by atoms with Gasteiger partial charge in [0, 0.05) is 40.1 Å². The van der Waals surface area contributed by atoms with Crippen LogP contribution >= 0.6 is 33.9 Å². The lowest BCUT2D eigenvalue weighted by molar-refractivity contribution is 0.101. The number of nitrogens with one attached hydrogen (secondary N) is 1. The van der Waals surface area contributed by atoms with Crippen molar-refractivity contribution in [1.82, 2.24) is 10.3 Å². The molecule has 1 aromatic heterocycles. The SMILES string of the molecule is CNCc1cnc(C2=CC(C)C(OC)C(C(C)I)=C2)s1. The van der Waals surface area contributed by atoms with Crippen molar-refractivity contribution in [2.45, 2.75) is 30.4 Å². The molecule has 0 aliphatic heterocycles. The Hall–Kier alpha value is -0.240. The summed E-state index contributed by atoms with van der Waals surface area (Å²) in [6, 6.07) is 0. The smallest absolute Gasteiger partial charge is 0.123 e. The Kier molecular flexibility index (Phi) is 5.77. The van der Waals surface area contributed by atoms with Gasteiger partial charge in [0.05, 0.1) is 6.10 Å². The first-order valence-electron chi connectivity index (χ1n) is 6.76. The van der Waals surface area contributed by atoms with Crippen LogP contribution in [0.5, 0.6) is 0 Å². The minimum absolute atomic E-state index is 0.183. The number of aromatic nitrogens is 1. The molecule has 2 rings (SSSR count). The lowest BCUT2D eigenvalue weighted by Gasteiger charge is -2.29. The van der Waals surface area contributed by atoms with Crippen molar-refractivity contribution < 1.29 is 4.74 Å². The van der Waals surface area contributed by atoms with Crippen molar-refractivity contribution in [1.29, 1.82) is 0 Å². The average molecular weight is 404 g/mol. The molecular weight excluding hydrogens is 383 g/mol. The molecule has 110 valence electrons. The highest BCUT2D eigenvalue weighted by Gasteiger charge is 2.27. The van der Waals surface area contributed by atoms with Crippen molar-refractivity contribution in [2.24, 2.45) is 5.92 Å². The third kappa shape index (κ3) is 3.50. The predicted octanol–water partition coefficient (Wildman–Crippen LogP) is 3.66. The number of nitrogens with zero attached hydrogens (tertiary/aromatic N) is 1. The van der Waals surface area contributed by atoms with Gasteiger partial charge in [0.25, 0.3) is 0 Å². The second-order valence-corrected chi connectivity index (χ2v) is 8.04. The van der Waals surface area contributed by atoms with Gasteiger partial charge in [-0.2, -0.15) is 0 Å². The van der Waals surface area contributed by atoms with Crippen LogP contribution in [0.3, 0.4) is 0 Å². The molecule has 1 aromatic rings. The Balaban J connectivity index is 2.31. The molecule has 0 amide bonds. The van der Waals surface area contributed by atoms with Gasteiger partial charge in [-0.3, -0.25) is 0 Å². The number of rotatable bonds is 5. The largest absolute Gasteiger partial charge is 0.376 e. The summed E-state index contributed by atoms with van der Waals surface area (Å²) >= 11 is 4.21. The van der Waals surface area contributed by atoms with E-state index in [-0.39, 0.29) is 6.10 Å². The van der Waals surface area contributed by atoms with E-state index in [9.17, 15) is 0 Å². The van der Waals surface area contributed by atoms with E-state index in [2.05, 4.69) is 58.9 Å². The van der Waals surface area contributed by atoms with Crippen molar-refractivity contribution in [3.8, 4) is 0 Å². The quantitative estimate of drug-likeness (QED) is 0.601. The molecule has 20 heavy (non-hydrogen) atoms. The first-order chi connectivity index (χ1) is 9.56. The maximum Gasteiger partial charge on any atom is 0.123 e. The first kappa shape index (κ1) is 16.1. The number of hydrogen-bond acceptors (Lipinski definition) is 4. The summed E-state index contributed by atoms with van der Waals surface area (Å²) in [6.07, 6.45) is 6.68. The van der Waals surface area contributed by atoms with E-state index in [0.717, 1.165) is 11.6 Å². The molecule has 0 saturated carbocycles. The standard InChI is InChI=1S/C15H21IN2OS/c1-9-5-11(6-13(10(2)16)14(9)19-4)15-18-8-12(20-15)7-17-3/h5-6,8-10,14,17H,7H2,1-4H3. The number of alkyl halides is 1. The van der Waals surface area contributed by atoms with Gasteiger partial charge in [0.15, 0.2) is 0 Å². The highest BCUT2D eigenvalue weighted by Crippen LogP contribution is 2.35. The lowest BCUT2D eigenvalue weighted by atomic mass is 9.87. The van der Waals surface area contributed by atoms with Gasteiger partial charge in [-0.15, -0.1) is 11.3 Å². The highest BCUT2D eigenvalue weighted by atomic mass is 127. The molecule has 0 bridgehead atoms. The summed E-state index contributed by atoms with van der Waals surface area (Å²) in [5, 5.41) is 4.27. The summed E-state index contributed by atoms with van der Waals surface area (Å²) in [5.41, 5.74) is 2.58. The fourth-order valence-electron chi connectivity index (χ4n) is 2.51. The van der Waals surface area contributed by atoms with Crippen LogP contribution < -0.4 is 5.32 Å². The third-order valence-corrected chi connectivity index (χ3v) is 5.20. The maximum absolute atomic E-state index is 5.66. The molecule has 1 heterocycles. The molecule has 1 aliphatic carbocycles. The molecule has 5 heteroatoms. The Bertz CT molecular complexity index is 522. The Morgan fingerprint density at radius 3 is 2.90 bits per heavy atom. The van der Waals surface area contributed by atoms with E-state index in [1.54, 1.807) is 18.4 Å². The zero-order valence-electron chi connectivity index (χ0n) is 12.3. The molecular formula is C15H21IN2OS. The topological polar surface area (TPSA) is 34.2 Å². The van der Waals surface area contributed by atoms with Crippen LogP contribution in [-0.4, -0.2) is 29.2 Å². The molecule has 0 fully saturated rings. The van der Waals surface area contributed by atoms with Gasteiger partial charge in [0.2, 0.25) is 0 Å². The minimum Gasteiger partial charge on any atom is -0.376 e. The van der Waals surface area contributed by atoms with E-state index in [0.29, 0.717) is 9.84 Å². The summed E-state index contributed by atoms with van der Waals surface area (Å²) < 4.78 is 6.12. The lowest BCUT2D eigenvalue weighted by Crippen LogP contribution is -2.27. The van der Waals surface area contributed by atoms with E-state index < -0.39 is 0 Å². The summed E-state index contributed by atoms with van der Waals surface area (Å²) in [5.74, 6) is 0.379. The third-order valence-electron chi connectivity index (χ3n) is 3.44. The second kappa shape index (κ2) is 7.15. The minimum atomic E-state index is 0.183. The summed E-state index contributed by atoms with van der Waals surface area (Å²) in [7, 11) is 3.75. The number of thiazole rings is 1. The zero-order chi connectivity index (χ0) is 14.7. The van der Waals surface area contributed by atoms with Crippen LogP contribution in [0.1, 0.15) is 23.7 Å². The summed E-state index contributed by atoms with van der Waals surface area (Å²) in [4.78, 5) is 5.83. The molecule has 3 unspecified atom stereocenters. The summed E-state index contributed by atoms with van der Waals surface area (Å²) in [6.45, 7) is 5.30. The number of methoxy groups -OCH3 is 1. The number of halogens is 1. The monoisotopic (exact) mass is 404 g/mol. The van der Waals surface area contributed by atoms with Gasteiger partial charge in [-0.05, 0) is 25.6 Å². The molecule has 0 aromatic carbocycles. The van der Waals surface area contributed by atoms with Gasteiger partial charge < -0.3 is 10.1 Å². The first-order valence-corrected chi connectivity index (χ1v) is 8.82. The van der Waals surface area contributed by atoms with Crippen LogP contribution in [-0.2, 0) is 11.3 Å². The van der Waals surface area contributed by atoms with Crippen LogP contribution in [0.25, 0.3) is 5.57 Å². The predicted molar refractivity (Wildman–Crippen MR) is 94.4 cm³/mol. The van der Waals surface area contributed by atoms with E-state index in [1.165, 1.54) is 16.0 Å². The fraction of sp³-hybridized carbons (Fsp3) is 0.533. The van der Waals surface area contributed by atoms with Gasteiger partial charge in [0.1, 0.15) is 5.01 Å². The molecule has 0 radical (unpaired) electrons. The van der Waals surface area contributed by atoms with E-state index in [1.807, 2.05) is 13.2 Å². The van der Waals surface area contributed by atoms with Crippen molar-refractivity contribution in [3.63, 3.8) is 0 Å². The Morgan fingerprint density at radius 1 is 1.55 bits per heavy atom. The van der Waals surface area contributed by atoms with Gasteiger partial charge >= 0.3 is 0 Å². The van der Waals surface area contributed by atoms with Crippen LogP contribution in [0.2, 0.25) is 0 Å². The second-order valence-electron chi connectivity index (χ2n) is 5.06. The fourth-order valence-corrected chi connectivity index (χ4v) is 3.96. The molecule has 3 atom stereocenters. The van der Waals surface area contributed by atoms with E-state index >= 15 is 0 Å². The van der Waals surface area contributed by atoms with Crippen LogP contribution in [0, 0.1) is 5.92 Å². The maximum atomic E-state index is 5.66. The Morgan fingerprint density at radius 2 is 2.30 bits per heavy atom. The number of hydrogen-bond donors (Lipinski definition) is 1. The van der Waals surface area contributed by atoms with Crippen LogP contribution in [0.4, 0.5) is 0 Å². The van der Waals surface area contributed by atoms with Crippen molar-refractivity contribution >= 4 is 39.5 Å².